The number of carbonyl (C=O) groups is 1. The molecule has 0 bridgehead atoms. The Morgan fingerprint density at radius 1 is 1.21 bits per heavy atom. The molecule has 1 fully saturated rings. The van der Waals surface area contributed by atoms with Gasteiger partial charge in [-0.2, -0.15) is 5.10 Å². The molecule has 1 atom stereocenters. The molecule has 0 saturated carbocycles. The standard InChI is InChI=1S/C26H26ClN3O2S2/c1-4-13-32-22-12-11-18(14-21(22)27)24-19(16-29(28-24)20-9-7-6-8-10-20)15-23-25(31)30(17(3)5-2)26(33)34-23/h6-12,14-17H,4-5,13H2,1-3H3/b23-15-/t17-/m0/s1. The normalized spacial score (nSPS) is 15.9. The highest BCUT2D eigenvalue weighted by Gasteiger charge is 2.35. The second-order valence-electron chi connectivity index (χ2n) is 8.02. The summed E-state index contributed by atoms with van der Waals surface area (Å²) in [5, 5.41) is 5.37. The van der Waals surface area contributed by atoms with Crippen LogP contribution in [-0.4, -0.2) is 37.6 Å². The molecule has 2 heterocycles. The summed E-state index contributed by atoms with van der Waals surface area (Å²) in [6.07, 6.45) is 5.54. The highest BCUT2D eigenvalue weighted by Crippen LogP contribution is 2.37. The largest absolute Gasteiger partial charge is 0.492 e. The molecule has 5 nitrogen and oxygen atoms in total. The fraction of sp³-hybridized carbons (Fsp3) is 0.269. The van der Waals surface area contributed by atoms with Gasteiger partial charge in [-0.05, 0) is 56.2 Å². The van der Waals surface area contributed by atoms with Gasteiger partial charge in [0.1, 0.15) is 15.8 Å². The van der Waals surface area contributed by atoms with Gasteiger partial charge >= 0.3 is 0 Å². The summed E-state index contributed by atoms with van der Waals surface area (Å²) in [4.78, 5) is 15.4. The molecule has 0 N–H and O–H groups in total. The van der Waals surface area contributed by atoms with Gasteiger partial charge in [-0.25, -0.2) is 4.68 Å². The number of amides is 1. The summed E-state index contributed by atoms with van der Waals surface area (Å²) in [7, 11) is 0. The Balaban J connectivity index is 1.78. The van der Waals surface area contributed by atoms with Crippen LogP contribution >= 0.6 is 35.6 Å². The van der Waals surface area contributed by atoms with Crippen LogP contribution in [0.3, 0.4) is 0 Å². The summed E-state index contributed by atoms with van der Waals surface area (Å²) < 4.78 is 8.12. The molecule has 1 aliphatic heterocycles. The Labute approximate surface area is 214 Å². The molecule has 176 valence electrons. The molecule has 1 aliphatic rings. The van der Waals surface area contributed by atoms with Crippen molar-refractivity contribution < 1.29 is 9.53 Å². The Bertz CT molecular complexity index is 1240. The first-order valence-corrected chi connectivity index (χ1v) is 12.9. The van der Waals surface area contributed by atoms with E-state index in [-0.39, 0.29) is 11.9 Å². The molecule has 1 amide bonds. The molecule has 3 aromatic rings. The van der Waals surface area contributed by atoms with Crippen LogP contribution in [0.4, 0.5) is 0 Å². The number of benzene rings is 2. The molecular weight excluding hydrogens is 486 g/mol. The number of halogens is 1. The van der Waals surface area contributed by atoms with E-state index in [1.54, 1.807) is 4.90 Å². The fourth-order valence-electron chi connectivity index (χ4n) is 3.59. The third-order valence-corrected chi connectivity index (χ3v) is 7.20. The number of thiocarbonyl (C=S) groups is 1. The maximum Gasteiger partial charge on any atom is 0.266 e. The van der Waals surface area contributed by atoms with Crippen molar-refractivity contribution in [3.8, 4) is 22.7 Å². The quantitative estimate of drug-likeness (QED) is 0.241. The average Bonchev–Trinajstić information content (AvgIpc) is 3.39. The van der Waals surface area contributed by atoms with Crippen LogP contribution in [0.5, 0.6) is 5.75 Å². The van der Waals surface area contributed by atoms with Crippen LogP contribution in [0.25, 0.3) is 23.0 Å². The zero-order chi connectivity index (χ0) is 24.2. The summed E-state index contributed by atoms with van der Waals surface area (Å²) in [6, 6.07) is 15.6. The summed E-state index contributed by atoms with van der Waals surface area (Å²) >= 11 is 13.3. The Kier molecular flexibility index (Phi) is 7.76. The molecule has 34 heavy (non-hydrogen) atoms. The monoisotopic (exact) mass is 511 g/mol. The number of carbonyl (C=O) groups excluding carboxylic acids is 1. The topological polar surface area (TPSA) is 47.4 Å². The van der Waals surface area contributed by atoms with E-state index in [0.717, 1.165) is 35.3 Å². The zero-order valence-corrected chi connectivity index (χ0v) is 21.7. The van der Waals surface area contributed by atoms with Crippen molar-refractivity contribution in [3.05, 3.63) is 70.2 Å². The Morgan fingerprint density at radius 3 is 2.65 bits per heavy atom. The third-order valence-electron chi connectivity index (χ3n) is 5.57. The molecular formula is C26H26ClN3O2S2. The van der Waals surface area contributed by atoms with Crippen molar-refractivity contribution in [1.29, 1.82) is 0 Å². The van der Waals surface area contributed by atoms with Crippen LogP contribution in [0, 0.1) is 0 Å². The van der Waals surface area contributed by atoms with E-state index in [9.17, 15) is 4.79 Å². The highest BCUT2D eigenvalue weighted by molar-refractivity contribution is 8.26. The second kappa shape index (κ2) is 10.8. The van der Waals surface area contributed by atoms with Gasteiger partial charge in [-0.15, -0.1) is 0 Å². The van der Waals surface area contributed by atoms with Crippen molar-refractivity contribution in [3.63, 3.8) is 0 Å². The Hall–Kier alpha value is -2.61. The van der Waals surface area contributed by atoms with Crippen LogP contribution in [-0.2, 0) is 4.79 Å². The molecule has 0 radical (unpaired) electrons. The third kappa shape index (κ3) is 5.06. The molecule has 0 spiro atoms. The second-order valence-corrected chi connectivity index (χ2v) is 10.1. The maximum atomic E-state index is 13.1. The predicted octanol–water partition coefficient (Wildman–Crippen LogP) is 6.98. The molecule has 0 aliphatic carbocycles. The van der Waals surface area contributed by atoms with Gasteiger partial charge in [-0.1, -0.05) is 67.6 Å². The first kappa shape index (κ1) is 24.5. The molecule has 8 heteroatoms. The number of para-hydroxylation sites is 1. The number of rotatable bonds is 8. The summed E-state index contributed by atoms with van der Waals surface area (Å²) in [5.41, 5.74) is 3.30. The molecule has 0 unspecified atom stereocenters. The van der Waals surface area contributed by atoms with Crippen molar-refractivity contribution >= 4 is 51.9 Å². The van der Waals surface area contributed by atoms with Crippen molar-refractivity contribution in [2.75, 3.05) is 6.61 Å². The predicted molar refractivity (Wildman–Crippen MR) is 145 cm³/mol. The van der Waals surface area contributed by atoms with E-state index in [1.165, 1.54) is 11.8 Å². The minimum absolute atomic E-state index is 0.0550. The van der Waals surface area contributed by atoms with Gasteiger partial charge < -0.3 is 4.74 Å². The number of hydrogen-bond donors (Lipinski definition) is 0. The van der Waals surface area contributed by atoms with Crippen molar-refractivity contribution in [2.45, 2.75) is 39.7 Å². The number of ether oxygens (including phenoxy) is 1. The maximum absolute atomic E-state index is 13.1. The van der Waals surface area contributed by atoms with E-state index in [1.807, 2.05) is 79.3 Å². The van der Waals surface area contributed by atoms with E-state index >= 15 is 0 Å². The minimum atomic E-state index is -0.0656. The zero-order valence-electron chi connectivity index (χ0n) is 19.3. The lowest BCUT2D eigenvalue weighted by Gasteiger charge is -2.21. The SMILES string of the molecule is CCCOc1ccc(-c2nn(-c3ccccc3)cc2/C=C2\SC(=S)N([C@@H](C)CC)C2=O)cc1Cl. The number of aromatic nitrogens is 2. The highest BCUT2D eigenvalue weighted by atomic mass is 35.5. The van der Waals surface area contributed by atoms with Gasteiger partial charge in [0.05, 0.1) is 22.2 Å². The van der Waals surface area contributed by atoms with Gasteiger partial charge in [0.15, 0.2) is 0 Å². The van der Waals surface area contributed by atoms with Crippen LogP contribution in [0.1, 0.15) is 39.2 Å². The van der Waals surface area contributed by atoms with E-state index in [2.05, 4.69) is 6.92 Å². The lowest BCUT2D eigenvalue weighted by Crippen LogP contribution is -2.36. The lowest BCUT2D eigenvalue weighted by molar-refractivity contribution is -0.123. The molecule has 1 aromatic heterocycles. The van der Waals surface area contributed by atoms with Crippen molar-refractivity contribution in [2.24, 2.45) is 0 Å². The van der Waals surface area contributed by atoms with Gasteiger partial charge in [0, 0.05) is 23.4 Å². The van der Waals surface area contributed by atoms with Gasteiger partial charge in [0.2, 0.25) is 0 Å². The van der Waals surface area contributed by atoms with Crippen molar-refractivity contribution in [1.82, 2.24) is 14.7 Å². The van der Waals surface area contributed by atoms with Gasteiger partial charge in [-0.3, -0.25) is 9.69 Å². The van der Waals surface area contributed by atoms with E-state index in [0.29, 0.717) is 26.6 Å². The number of thioether (sulfide) groups is 1. The summed E-state index contributed by atoms with van der Waals surface area (Å²) in [5.74, 6) is 0.579. The average molecular weight is 512 g/mol. The summed E-state index contributed by atoms with van der Waals surface area (Å²) in [6.45, 7) is 6.71. The van der Waals surface area contributed by atoms with Gasteiger partial charge in [0.25, 0.3) is 5.91 Å². The molecule has 1 saturated heterocycles. The first-order chi connectivity index (χ1) is 16.4. The minimum Gasteiger partial charge on any atom is -0.492 e. The Morgan fingerprint density at radius 2 is 1.97 bits per heavy atom. The number of hydrogen-bond acceptors (Lipinski definition) is 5. The van der Waals surface area contributed by atoms with Crippen LogP contribution < -0.4 is 4.74 Å². The van der Waals surface area contributed by atoms with Crippen LogP contribution in [0.15, 0.2) is 59.6 Å². The fourth-order valence-corrected chi connectivity index (χ4v) is 5.28. The molecule has 4 rings (SSSR count). The van der Waals surface area contributed by atoms with E-state index in [4.69, 9.17) is 33.7 Å². The molecule has 2 aromatic carbocycles. The first-order valence-electron chi connectivity index (χ1n) is 11.3. The van der Waals surface area contributed by atoms with E-state index < -0.39 is 0 Å². The smallest absolute Gasteiger partial charge is 0.266 e. The van der Waals surface area contributed by atoms with Crippen LogP contribution in [0.2, 0.25) is 5.02 Å². The number of nitrogens with zero attached hydrogens (tertiary/aromatic N) is 3. The lowest BCUT2D eigenvalue weighted by atomic mass is 10.1.